The van der Waals surface area contributed by atoms with Gasteiger partial charge in [-0.1, -0.05) is 26.0 Å². The van der Waals surface area contributed by atoms with Gasteiger partial charge < -0.3 is 20.2 Å². The number of thiazole rings is 1. The van der Waals surface area contributed by atoms with Crippen LogP contribution in [0.1, 0.15) is 36.8 Å². The van der Waals surface area contributed by atoms with Gasteiger partial charge >= 0.3 is 0 Å². The van der Waals surface area contributed by atoms with Gasteiger partial charge in [0.25, 0.3) is 5.91 Å². The Kier molecular flexibility index (Phi) is 9.97. The van der Waals surface area contributed by atoms with Gasteiger partial charge in [0.05, 0.1) is 16.8 Å². The van der Waals surface area contributed by atoms with Gasteiger partial charge in [0.2, 0.25) is 5.95 Å². The van der Waals surface area contributed by atoms with Crippen molar-refractivity contribution >= 4 is 45.0 Å². The molecule has 11 heteroatoms. The molecule has 2 N–H and O–H groups in total. The third kappa shape index (κ3) is 6.90. The number of hydrogen-bond donors (Lipinski definition) is 2. The normalized spacial score (nSPS) is 13.6. The number of hydrogen-bond acceptors (Lipinski definition) is 10. The smallest absolute Gasteiger partial charge is 0.253 e. The number of rotatable bonds is 8. The minimum Gasteiger partial charge on any atom is -0.395 e. The molecular formula is C29H38N8O2S. The van der Waals surface area contributed by atoms with Gasteiger partial charge in [-0.25, -0.2) is 15.0 Å². The first kappa shape index (κ1) is 29.3. The minimum absolute atomic E-state index is 0.00448. The first-order chi connectivity index (χ1) is 19.4. The average molecular weight is 563 g/mol. The van der Waals surface area contributed by atoms with Gasteiger partial charge in [-0.3, -0.25) is 9.69 Å². The van der Waals surface area contributed by atoms with Gasteiger partial charge in [-0.05, 0) is 26.0 Å². The van der Waals surface area contributed by atoms with E-state index in [0.29, 0.717) is 36.2 Å². The number of aryl methyl sites for hydroxylation is 1. The van der Waals surface area contributed by atoms with Crippen LogP contribution in [0.25, 0.3) is 20.8 Å². The number of β-amino-alcohol motifs (C(OH)–C–C–N with tert-alkyl or cyclic N) is 1. The number of benzene rings is 1. The van der Waals surface area contributed by atoms with E-state index in [1.807, 2.05) is 70.3 Å². The number of amides is 1. The van der Waals surface area contributed by atoms with E-state index in [2.05, 4.69) is 25.1 Å². The summed E-state index contributed by atoms with van der Waals surface area (Å²) in [6.45, 7) is 12.8. The molecule has 5 rings (SSSR count). The maximum Gasteiger partial charge on any atom is 0.253 e. The molecule has 0 saturated carbocycles. The zero-order valence-corrected chi connectivity index (χ0v) is 24.7. The van der Waals surface area contributed by atoms with Crippen LogP contribution in [0.15, 0.2) is 42.6 Å². The van der Waals surface area contributed by atoms with Crippen molar-refractivity contribution in [1.82, 2.24) is 29.7 Å². The van der Waals surface area contributed by atoms with E-state index >= 15 is 0 Å². The highest BCUT2D eigenvalue weighted by Gasteiger charge is 2.19. The Morgan fingerprint density at radius 1 is 1.07 bits per heavy atom. The van der Waals surface area contributed by atoms with E-state index < -0.39 is 0 Å². The van der Waals surface area contributed by atoms with E-state index in [-0.39, 0.29) is 12.5 Å². The highest BCUT2D eigenvalue weighted by atomic mass is 32.1. The van der Waals surface area contributed by atoms with Crippen molar-refractivity contribution < 1.29 is 9.90 Å². The number of carbonyl (C=O) groups is 1. The van der Waals surface area contributed by atoms with Gasteiger partial charge in [0, 0.05) is 81.5 Å². The maximum atomic E-state index is 12.6. The van der Waals surface area contributed by atoms with Crippen LogP contribution in [0.3, 0.4) is 0 Å². The van der Waals surface area contributed by atoms with E-state index in [1.54, 1.807) is 23.3 Å². The molecule has 10 nitrogen and oxygen atoms in total. The monoisotopic (exact) mass is 562 g/mol. The molecule has 4 heterocycles. The van der Waals surface area contributed by atoms with E-state index in [0.717, 1.165) is 52.7 Å². The summed E-state index contributed by atoms with van der Waals surface area (Å²) >= 11 is 1.55. The van der Waals surface area contributed by atoms with Gasteiger partial charge in [-0.2, -0.15) is 4.98 Å². The molecule has 1 aromatic carbocycles. The van der Waals surface area contributed by atoms with Crippen LogP contribution in [0.2, 0.25) is 0 Å². The topological polar surface area (TPSA) is 111 Å². The second kappa shape index (κ2) is 13.6. The number of fused-ring (bicyclic) bond motifs is 1. The number of nitrogens with one attached hydrogen (secondary N) is 1. The number of carbonyl (C=O) groups excluding carboxylic acids is 1. The fourth-order valence-electron chi connectivity index (χ4n) is 4.38. The molecule has 1 aliphatic heterocycles. The molecule has 1 fully saturated rings. The molecule has 4 aromatic rings. The predicted molar refractivity (Wildman–Crippen MR) is 163 cm³/mol. The highest BCUT2D eigenvalue weighted by molar-refractivity contribution is 7.21. The molecule has 3 aromatic heterocycles. The number of aliphatic hydroxyl groups excluding tert-OH is 1. The average Bonchev–Trinajstić information content (AvgIpc) is 3.41. The Hall–Kier alpha value is -3.67. The van der Waals surface area contributed by atoms with Crippen LogP contribution in [0.4, 0.5) is 17.6 Å². The molecule has 0 unspecified atom stereocenters. The molecule has 212 valence electrons. The lowest BCUT2D eigenvalue weighted by atomic mass is 10.1. The summed E-state index contributed by atoms with van der Waals surface area (Å²) in [5.74, 6) is 2.02. The molecule has 0 spiro atoms. The van der Waals surface area contributed by atoms with Crippen LogP contribution in [-0.4, -0.2) is 93.7 Å². The quantitative estimate of drug-likeness (QED) is 0.322. The fraction of sp³-hybridized carbons (Fsp3) is 0.414. The largest absolute Gasteiger partial charge is 0.395 e. The van der Waals surface area contributed by atoms with Crippen LogP contribution < -0.4 is 10.2 Å². The fourth-order valence-corrected chi connectivity index (χ4v) is 5.29. The Bertz CT molecular complexity index is 1430. The molecule has 0 bridgehead atoms. The number of aromatic nitrogens is 4. The molecule has 40 heavy (non-hydrogen) atoms. The Labute approximate surface area is 239 Å². The number of pyridine rings is 1. The highest BCUT2D eigenvalue weighted by Crippen LogP contribution is 2.32. The Balaban J connectivity index is 0.00000181. The number of anilines is 3. The van der Waals surface area contributed by atoms with Crippen molar-refractivity contribution in [1.29, 1.82) is 0 Å². The van der Waals surface area contributed by atoms with Crippen LogP contribution in [0, 0.1) is 6.92 Å². The predicted octanol–water partition coefficient (Wildman–Crippen LogP) is 4.43. The van der Waals surface area contributed by atoms with Crippen molar-refractivity contribution in [2.45, 2.75) is 27.7 Å². The summed E-state index contributed by atoms with van der Waals surface area (Å²) in [6, 6.07) is 11.4. The summed E-state index contributed by atoms with van der Waals surface area (Å²) in [7, 11) is 1.80. The lowest BCUT2D eigenvalue weighted by Gasteiger charge is -2.34. The van der Waals surface area contributed by atoms with Crippen molar-refractivity contribution in [2.24, 2.45) is 0 Å². The second-order valence-corrected chi connectivity index (χ2v) is 10.4. The second-order valence-electron chi connectivity index (χ2n) is 9.33. The van der Waals surface area contributed by atoms with Gasteiger partial charge in [0.15, 0.2) is 0 Å². The molecule has 0 atom stereocenters. The lowest BCUT2D eigenvalue weighted by molar-refractivity contribution is 0.0802. The SMILES string of the molecule is CC.CCN(C)C(=O)c1cccc(-c2nc3cc(Nc4cc(C)nc(N5CCN(CCO)CC5)n4)ncc3s2)c1. The van der Waals surface area contributed by atoms with Crippen LogP contribution >= 0.6 is 11.3 Å². The van der Waals surface area contributed by atoms with E-state index in [9.17, 15) is 9.90 Å². The molecule has 0 radical (unpaired) electrons. The van der Waals surface area contributed by atoms with Crippen molar-refractivity contribution in [3.63, 3.8) is 0 Å². The van der Waals surface area contributed by atoms with Crippen molar-refractivity contribution in [2.75, 3.05) is 63.1 Å². The molecule has 1 amide bonds. The van der Waals surface area contributed by atoms with Gasteiger partial charge in [-0.15, -0.1) is 11.3 Å². The zero-order valence-electron chi connectivity index (χ0n) is 23.9. The number of aliphatic hydroxyl groups is 1. The van der Waals surface area contributed by atoms with Crippen LogP contribution in [-0.2, 0) is 0 Å². The molecule has 1 saturated heterocycles. The van der Waals surface area contributed by atoms with E-state index in [4.69, 9.17) is 9.97 Å². The molecule has 0 aliphatic carbocycles. The first-order valence-corrected chi connectivity index (χ1v) is 14.6. The summed E-state index contributed by atoms with van der Waals surface area (Å²) in [6.07, 6.45) is 1.81. The minimum atomic E-state index is -0.00448. The van der Waals surface area contributed by atoms with Crippen molar-refractivity contribution in [3.8, 4) is 10.6 Å². The third-order valence-electron chi connectivity index (χ3n) is 6.62. The first-order valence-electron chi connectivity index (χ1n) is 13.8. The standard InChI is InChI=1S/C27H32N8O2S.C2H6/c1-4-33(3)26(37)20-7-5-6-19(15-20)25-30-21-16-23(28-17-22(21)38-25)31-24-14-18(2)29-27(32-24)35-10-8-34(9-11-35)12-13-36;1-2/h5-7,14-17,36H,4,8-13H2,1-3H3,(H,28,29,31,32);1-2H3. The lowest BCUT2D eigenvalue weighted by Crippen LogP contribution is -2.47. The summed E-state index contributed by atoms with van der Waals surface area (Å²) < 4.78 is 0.966. The van der Waals surface area contributed by atoms with Crippen LogP contribution in [0.5, 0.6) is 0 Å². The third-order valence-corrected chi connectivity index (χ3v) is 7.68. The summed E-state index contributed by atoms with van der Waals surface area (Å²) in [4.78, 5) is 37.5. The summed E-state index contributed by atoms with van der Waals surface area (Å²) in [5.41, 5.74) is 3.26. The number of nitrogens with zero attached hydrogens (tertiary/aromatic N) is 7. The number of piperazine rings is 1. The van der Waals surface area contributed by atoms with Gasteiger partial charge in [0.1, 0.15) is 16.6 Å². The Morgan fingerprint density at radius 2 is 1.85 bits per heavy atom. The maximum absolute atomic E-state index is 12.6. The Morgan fingerprint density at radius 3 is 2.58 bits per heavy atom. The zero-order chi connectivity index (χ0) is 28.6. The molecule has 1 aliphatic rings. The molecular weight excluding hydrogens is 524 g/mol. The summed E-state index contributed by atoms with van der Waals surface area (Å²) in [5, 5.41) is 13.3. The van der Waals surface area contributed by atoms with E-state index in [1.165, 1.54) is 0 Å². The van der Waals surface area contributed by atoms with Crippen molar-refractivity contribution in [3.05, 3.63) is 53.9 Å².